The molecule has 0 amide bonds. The number of carbonyl (C=O) groups is 3. The lowest BCUT2D eigenvalue weighted by Crippen LogP contribution is -2.19. The van der Waals surface area contributed by atoms with Crippen molar-refractivity contribution in [3.63, 3.8) is 0 Å². The highest BCUT2D eigenvalue weighted by atomic mass is 16.4. The molecule has 3 N–H and O–H groups in total. The van der Waals surface area contributed by atoms with Crippen molar-refractivity contribution < 1.29 is 29.7 Å². The van der Waals surface area contributed by atoms with Crippen LogP contribution in [0, 0.1) is 17.3 Å². The van der Waals surface area contributed by atoms with E-state index < -0.39 is 18.2 Å². The molecule has 256 valence electrons. The minimum absolute atomic E-state index is 0.0535. The molecule has 1 saturated carbocycles. The number of aliphatic hydroxyl groups excluding tert-OH is 2. The largest absolute Gasteiger partial charge is 0.481 e. The van der Waals surface area contributed by atoms with Crippen LogP contribution in [0.1, 0.15) is 119 Å². The zero-order chi connectivity index (χ0) is 34.5. The van der Waals surface area contributed by atoms with E-state index in [4.69, 9.17) is 5.11 Å². The van der Waals surface area contributed by atoms with Crippen molar-refractivity contribution >= 4 is 18.0 Å². The number of aliphatic hydroxyl groups is 2. The summed E-state index contributed by atoms with van der Waals surface area (Å²) in [5.74, 6) is -1.26. The van der Waals surface area contributed by atoms with Crippen LogP contribution in [0.15, 0.2) is 83.1 Å². The maximum absolute atomic E-state index is 12.1. The fraction of sp³-hybridized carbons (Fsp3) is 0.575. The Morgan fingerprint density at radius 3 is 2.43 bits per heavy atom. The summed E-state index contributed by atoms with van der Waals surface area (Å²) in [5, 5.41) is 28.7. The van der Waals surface area contributed by atoms with Gasteiger partial charge in [0, 0.05) is 24.7 Å². The van der Waals surface area contributed by atoms with Crippen LogP contribution in [-0.2, 0) is 14.4 Å². The lowest BCUT2D eigenvalue weighted by molar-refractivity contribution is -0.137. The molecular weight excluding hydrogens is 576 g/mol. The first-order valence-corrected chi connectivity index (χ1v) is 17.1. The van der Waals surface area contributed by atoms with Gasteiger partial charge in [-0.25, -0.2) is 0 Å². The summed E-state index contributed by atoms with van der Waals surface area (Å²) in [6, 6.07) is 0. The van der Waals surface area contributed by atoms with Crippen molar-refractivity contribution in [2.45, 2.75) is 131 Å². The van der Waals surface area contributed by atoms with E-state index in [-0.39, 0.29) is 35.9 Å². The zero-order valence-electron chi connectivity index (χ0n) is 29.2. The van der Waals surface area contributed by atoms with Crippen LogP contribution in [0.25, 0.3) is 0 Å². The molecule has 0 saturated heterocycles. The van der Waals surface area contributed by atoms with Gasteiger partial charge in [0.05, 0.1) is 12.2 Å². The predicted molar refractivity (Wildman–Crippen MR) is 189 cm³/mol. The van der Waals surface area contributed by atoms with Crippen LogP contribution in [0.5, 0.6) is 0 Å². The topological polar surface area (TPSA) is 112 Å². The number of carboxylic acids is 1. The first-order valence-electron chi connectivity index (χ1n) is 17.1. The van der Waals surface area contributed by atoms with Gasteiger partial charge in [0.2, 0.25) is 0 Å². The van der Waals surface area contributed by atoms with Gasteiger partial charge in [-0.2, -0.15) is 0 Å². The van der Waals surface area contributed by atoms with Gasteiger partial charge in [-0.15, -0.1) is 0 Å². The van der Waals surface area contributed by atoms with Gasteiger partial charge in [0.15, 0.2) is 0 Å². The molecule has 0 bridgehead atoms. The average molecular weight is 637 g/mol. The molecule has 6 nitrogen and oxygen atoms in total. The van der Waals surface area contributed by atoms with Gasteiger partial charge < -0.3 is 15.3 Å². The smallest absolute Gasteiger partial charge is 0.303 e. The van der Waals surface area contributed by atoms with Gasteiger partial charge in [-0.3, -0.25) is 14.4 Å². The lowest BCUT2D eigenvalue weighted by Gasteiger charge is -2.32. The van der Waals surface area contributed by atoms with Crippen LogP contribution >= 0.6 is 0 Å². The summed E-state index contributed by atoms with van der Waals surface area (Å²) in [6.07, 6.45) is 28.7. The molecule has 2 rings (SSSR count). The van der Waals surface area contributed by atoms with Crippen molar-refractivity contribution in [1.29, 1.82) is 0 Å². The molecule has 0 aromatic carbocycles. The molecule has 46 heavy (non-hydrogen) atoms. The molecule has 0 aromatic rings. The number of aliphatic carboxylic acids is 1. The number of carbonyl (C=O) groups excluding carboxylic acids is 2. The highest BCUT2D eigenvalue weighted by Crippen LogP contribution is 2.40. The van der Waals surface area contributed by atoms with Crippen molar-refractivity contribution in [3.05, 3.63) is 83.1 Å². The Labute approximate surface area is 278 Å². The summed E-state index contributed by atoms with van der Waals surface area (Å²) in [7, 11) is 0. The zero-order valence-corrected chi connectivity index (χ0v) is 29.2. The Morgan fingerprint density at radius 2 is 1.78 bits per heavy atom. The molecule has 0 aromatic heterocycles. The van der Waals surface area contributed by atoms with Gasteiger partial charge in [-0.1, -0.05) is 106 Å². The van der Waals surface area contributed by atoms with Gasteiger partial charge in [0.1, 0.15) is 12.1 Å². The third-order valence-corrected chi connectivity index (χ3v) is 8.81. The van der Waals surface area contributed by atoms with Crippen LogP contribution in [0.3, 0.4) is 0 Å². The van der Waals surface area contributed by atoms with E-state index in [0.29, 0.717) is 25.7 Å². The first-order chi connectivity index (χ1) is 21.8. The minimum Gasteiger partial charge on any atom is -0.481 e. The molecule has 0 heterocycles. The second-order valence-electron chi connectivity index (χ2n) is 13.4. The first kappa shape index (κ1) is 40.9. The summed E-state index contributed by atoms with van der Waals surface area (Å²) < 4.78 is 0. The number of hydrogen-bond acceptors (Lipinski definition) is 5. The molecule has 0 aliphatic heterocycles. The predicted octanol–water partition coefficient (Wildman–Crippen LogP) is 8.97. The fourth-order valence-electron chi connectivity index (χ4n) is 6.01. The maximum atomic E-state index is 12.1. The normalized spacial score (nSPS) is 23.1. The number of rotatable bonds is 17. The Hall–Kier alpha value is -3.09. The van der Waals surface area contributed by atoms with E-state index in [1.165, 1.54) is 36.0 Å². The summed E-state index contributed by atoms with van der Waals surface area (Å²) in [6.45, 7) is 13.1. The highest BCUT2D eigenvalue weighted by Gasteiger charge is 2.39. The Kier molecular flexibility index (Phi) is 20.0. The number of carboxylic acid groups (broad SMARTS) is 1. The fourth-order valence-corrected chi connectivity index (χ4v) is 6.01. The van der Waals surface area contributed by atoms with Gasteiger partial charge in [-0.05, 0) is 88.4 Å². The van der Waals surface area contributed by atoms with Gasteiger partial charge in [0.25, 0.3) is 0 Å². The number of allylic oxidation sites excluding steroid dienone is 12. The number of hydrogen-bond donors (Lipinski definition) is 3. The Balaban J connectivity index is 0.000000467. The molecule has 0 spiro atoms. The third-order valence-electron chi connectivity index (χ3n) is 8.81. The Morgan fingerprint density at radius 1 is 1.07 bits per heavy atom. The standard InChI is InChI=1S/C20H32O5.C20H28O/c1-2-3-6-9-15(21)12-13-17-16(18(22)14-19(17)23)10-7-4-5-8-11-20(24)25;1-16(8-6-9-17(2)13-15-21)11-12-19-18(3)10-7-14-20(19,4)5/h4,7,12-13,15-17,19,21,23H,2-3,5-6,8-11,14H2,1H3,(H,24,25);6,8-9,11-13,15H,7,10,14H2,1-5H3/b7-4-,13-12+;9-6+,12-11+,16-8+,17-13+/t15-,16+,17+,19+;/m0./s1. The molecule has 6 heteroatoms. The molecule has 0 radical (unpaired) electrons. The highest BCUT2D eigenvalue weighted by molar-refractivity contribution is 5.84. The summed E-state index contributed by atoms with van der Waals surface area (Å²) in [5.41, 5.74) is 5.48. The molecule has 0 unspecified atom stereocenters. The summed E-state index contributed by atoms with van der Waals surface area (Å²) >= 11 is 0. The molecule has 2 aliphatic carbocycles. The van der Waals surface area contributed by atoms with E-state index in [1.807, 2.05) is 31.2 Å². The van der Waals surface area contributed by atoms with E-state index in [9.17, 15) is 24.6 Å². The van der Waals surface area contributed by atoms with Crippen LogP contribution in [0.4, 0.5) is 0 Å². The second kappa shape index (κ2) is 22.4. The number of ketones is 1. The Bertz CT molecular complexity index is 1180. The van der Waals surface area contributed by atoms with Crippen molar-refractivity contribution in [2.24, 2.45) is 17.3 Å². The van der Waals surface area contributed by atoms with E-state index >= 15 is 0 Å². The maximum Gasteiger partial charge on any atom is 0.303 e. The number of unbranched alkanes of at least 4 members (excludes halogenated alkanes) is 3. The van der Waals surface area contributed by atoms with Crippen LogP contribution in [-0.4, -0.2) is 45.6 Å². The molecule has 2 aliphatic rings. The quantitative estimate of drug-likeness (QED) is 0.0483. The van der Waals surface area contributed by atoms with E-state index in [2.05, 4.69) is 52.8 Å². The minimum atomic E-state index is -0.801. The SMILES string of the molecule is CC1=C(/C=C/C(C)=C/C=C/C(C)=C/C=O)C(C)(C)CCC1.CCCCC[C@H](O)/C=C/[C@H]1[C@H](O)CC(=O)[C@@H]1C/C=C\CCCC(=O)O. The lowest BCUT2D eigenvalue weighted by atomic mass is 9.72. The van der Waals surface area contributed by atoms with E-state index in [1.54, 1.807) is 18.2 Å². The van der Waals surface area contributed by atoms with Crippen LogP contribution in [0.2, 0.25) is 0 Å². The molecule has 1 fully saturated rings. The van der Waals surface area contributed by atoms with Crippen molar-refractivity contribution in [1.82, 2.24) is 0 Å². The molecular formula is C40H60O6. The summed E-state index contributed by atoms with van der Waals surface area (Å²) in [4.78, 5) is 32.9. The molecule has 4 atom stereocenters. The monoisotopic (exact) mass is 636 g/mol. The van der Waals surface area contributed by atoms with E-state index in [0.717, 1.165) is 31.1 Å². The van der Waals surface area contributed by atoms with Crippen molar-refractivity contribution in [2.75, 3.05) is 0 Å². The average Bonchev–Trinajstić information content (AvgIpc) is 3.24. The second-order valence-corrected chi connectivity index (χ2v) is 13.4. The third kappa shape index (κ3) is 16.5. The number of aldehydes is 1. The number of Topliss-reactive ketones (excluding diaryl/α,β-unsaturated/α-hetero) is 1. The van der Waals surface area contributed by atoms with Crippen LogP contribution < -0.4 is 0 Å². The van der Waals surface area contributed by atoms with Crippen molar-refractivity contribution in [3.8, 4) is 0 Å². The van der Waals surface area contributed by atoms with Gasteiger partial charge >= 0.3 is 5.97 Å².